The van der Waals surface area contributed by atoms with Gasteiger partial charge in [-0.1, -0.05) is 6.92 Å². The molecule has 4 N–H and O–H groups in total. The summed E-state index contributed by atoms with van der Waals surface area (Å²) < 4.78 is 0. The average molecular weight is 211 g/mol. The van der Waals surface area contributed by atoms with Crippen LogP contribution in [0.25, 0.3) is 0 Å². The number of amides is 1. The minimum atomic E-state index is -0.0139. The molecule has 0 aromatic carbocycles. The Morgan fingerprint density at radius 3 is 3.00 bits per heavy atom. The first-order valence-electron chi connectivity index (χ1n) is 4.91. The molecule has 1 heterocycles. The van der Waals surface area contributed by atoms with Crippen LogP contribution in [-0.2, 0) is 4.79 Å². The second-order valence-corrected chi connectivity index (χ2v) is 3.37. The van der Waals surface area contributed by atoms with Crippen molar-refractivity contribution in [3.63, 3.8) is 0 Å². The number of hydrogen-bond donors (Lipinski definition) is 3. The van der Waals surface area contributed by atoms with Crippen LogP contribution in [0.5, 0.6) is 0 Å². The fourth-order valence-electron chi connectivity index (χ4n) is 1.21. The van der Waals surface area contributed by atoms with Crippen LogP contribution in [0.4, 0.5) is 11.5 Å². The minimum absolute atomic E-state index is 0.0139. The third kappa shape index (κ3) is 3.16. The van der Waals surface area contributed by atoms with E-state index in [1.54, 1.807) is 18.1 Å². The highest BCUT2D eigenvalue weighted by molar-refractivity contribution is 5.82. The summed E-state index contributed by atoms with van der Waals surface area (Å²) in [7, 11) is 1.80. The molecule has 6 heteroatoms. The molecule has 0 aliphatic heterocycles. The lowest BCUT2D eigenvalue weighted by Gasteiger charge is -2.17. The van der Waals surface area contributed by atoms with E-state index in [4.69, 9.17) is 5.73 Å². The fourth-order valence-corrected chi connectivity index (χ4v) is 1.21. The van der Waals surface area contributed by atoms with Gasteiger partial charge in [-0.25, -0.2) is 0 Å². The number of nitrogens with zero attached hydrogens (tertiary/aromatic N) is 2. The number of nitrogens with one attached hydrogen (secondary N) is 2. The summed E-state index contributed by atoms with van der Waals surface area (Å²) in [4.78, 5) is 13.1. The number of aromatic nitrogens is 2. The van der Waals surface area contributed by atoms with E-state index in [0.717, 1.165) is 12.1 Å². The van der Waals surface area contributed by atoms with Gasteiger partial charge in [-0.3, -0.25) is 9.89 Å². The zero-order valence-corrected chi connectivity index (χ0v) is 9.08. The third-order valence-electron chi connectivity index (χ3n) is 2.01. The summed E-state index contributed by atoms with van der Waals surface area (Å²) in [5.74, 6) is 0.459. The van der Waals surface area contributed by atoms with Gasteiger partial charge in [0.25, 0.3) is 0 Å². The number of nitrogens with two attached hydrogens (primary N) is 1. The average Bonchev–Trinajstić information content (AvgIpc) is 2.61. The molecule has 1 aromatic rings. The number of likely N-dealkylation sites (N-methyl/N-ethyl adjacent to an activating group) is 1. The van der Waals surface area contributed by atoms with E-state index in [1.807, 2.05) is 6.92 Å². The van der Waals surface area contributed by atoms with Crippen LogP contribution >= 0.6 is 0 Å². The second kappa shape index (κ2) is 5.23. The van der Waals surface area contributed by atoms with E-state index in [-0.39, 0.29) is 12.5 Å². The van der Waals surface area contributed by atoms with Crippen molar-refractivity contribution >= 4 is 17.4 Å². The molecule has 0 aliphatic carbocycles. The monoisotopic (exact) mass is 211 g/mol. The van der Waals surface area contributed by atoms with Gasteiger partial charge in [0, 0.05) is 13.6 Å². The highest BCUT2D eigenvalue weighted by Gasteiger charge is 2.10. The zero-order valence-electron chi connectivity index (χ0n) is 9.08. The van der Waals surface area contributed by atoms with Gasteiger partial charge in [-0.05, 0) is 6.42 Å². The Kier molecular flexibility index (Phi) is 3.96. The number of carbonyl (C=O) groups is 1. The first kappa shape index (κ1) is 11.4. The van der Waals surface area contributed by atoms with Crippen LogP contribution < -0.4 is 16.0 Å². The fraction of sp³-hybridized carbons (Fsp3) is 0.556. The summed E-state index contributed by atoms with van der Waals surface area (Å²) >= 11 is 0. The molecule has 0 unspecified atom stereocenters. The number of H-pyrrole nitrogens is 1. The molecule has 0 fully saturated rings. The molecular formula is C9H17N5O. The Labute approximate surface area is 88.8 Å². The molecule has 15 heavy (non-hydrogen) atoms. The third-order valence-corrected chi connectivity index (χ3v) is 2.01. The molecule has 0 atom stereocenters. The maximum absolute atomic E-state index is 11.4. The van der Waals surface area contributed by atoms with Crippen molar-refractivity contribution in [2.24, 2.45) is 0 Å². The normalized spacial score (nSPS) is 10.0. The van der Waals surface area contributed by atoms with Crippen LogP contribution in [0.15, 0.2) is 6.20 Å². The molecule has 0 aliphatic rings. The molecule has 0 spiro atoms. The summed E-state index contributed by atoms with van der Waals surface area (Å²) in [6.45, 7) is 3.00. The van der Waals surface area contributed by atoms with Gasteiger partial charge in [0.15, 0.2) is 0 Å². The maximum Gasteiger partial charge on any atom is 0.239 e. The van der Waals surface area contributed by atoms with Crippen LogP contribution in [-0.4, -0.2) is 36.2 Å². The Morgan fingerprint density at radius 2 is 2.47 bits per heavy atom. The summed E-state index contributed by atoms with van der Waals surface area (Å²) in [6, 6.07) is 0. The highest BCUT2D eigenvalue weighted by atomic mass is 16.2. The van der Waals surface area contributed by atoms with Crippen LogP contribution in [0, 0.1) is 0 Å². The largest absolute Gasteiger partial charge is 0.382 e. The van der Waals surface area contributed by atoms with E-state index >= 15 is 0 Å². The number of anilines is 2. The topological polar surface area (TPSA) is 87.0 Å². The van der Waals surface area contributed by atoms with Gasteiger partial charge in [0.05, 0.1) is 18.4 Å². The van der Waals surface area contributed by atoms with Crippen molar-refractivity contribution in [1.82, 2.24) is 15.5 Å². The number of aromatic amines is 1. The molecule has 0 radical (unpaired) electrons. The molecule has 0 saturated carbocycles. The van der Waals surface area contributed by atoms with Gasteiger partial charge in [-0.2, -0.15) is 5.10 Å². The highest BCUT2D eigenvalue weighted by Crippen LogP contribution is 2.17. The van der Waals surface area contributed by atoms with E-state index in [2.05, 4.69) is 15.5 Å². The van der Waals surface area contributed by atoms with E-state index in [0.29, 0.717) is 12.4 Å². The number of nitrogen functional groups attached to an aromatic ring is 1. The molecular weight excluding hydrogens is 194 g/mol. The number of rotatable bonds is 5. The first-order valence-corrected chi connectivity index (χ1v) is 4.91. The minimum Gasteiger partial charge on any atom is -0.382 e. The summed E-state index contributed by atoms with van der Waals surface area (Å²) in [5.41, 5.74) is 6.36. The Bertz CT molecular complexity index is 322. The molecule has 1 rings (SSSR count). The predicted octanol–water partition coefficient (Wildman–Crippen LogP) is -0.0457. The van der Waals surface area contributed by atoms with Crippen molar-refractivity contribution < 1.29 is 4.79 Å². The molecule has 1 aromatic heterocycles. The van der Waals surface area contributed by atoms with Crippen molar-refractivity contribution in [2.45, 2.75) is 13.3 Å². The van der Waals surface area contributed by atoms with Gasteiger partial charge in [0.1, 0.15) is 5.82 Å². The maximum atomic E-state index is 11.4. The molecule has 1 amide bonds. The van der Waals surface area contributed by atoms with Crippen molar-refractivity contribution in [3.8, 4) is 0 Å². The summed E-state index contributed by atoms with van der Waals surface area (Å²) in [6.07, 6.45) is 2.53. The molecule has 0 saturated heterocycles. The lowest BCUT2D eigenvalue weighted by Crippen LogP contribution is -2.35. The quantitative estimate of drug-likeness (QED) is 0.637. The SMILES string of the molecule is CCCNC(=O)CN(C)c1cn[nH]c1N. The lowest BCUT2D eigenvalue weighted by molar-refractivity contribution is -0.119. The van der Waals surface area contributed by atoms with E-state index < -0.39 is 0 Å². The van der Waals surface area contributed by atoms with Crippen LogP contribution in [0.2, 0.25) is 0 Å². The number of hydrogen-bond acceptors (Lipinski definition) is 4. The molecule has 6 nitrogen and oxygen atoms in total. The Balaban J connectivity index is 2.45. The first-order chi connectivity index (χ1) is 7.15. The second-order valence-electron chi connectivity index (χ2n) is 3.37. The Hall–Kier alpha value is -1.72. The lowest BCUT2D eigenvalue weighted by atomic mass is 10.4. The Morgan fingerprint density at radius 1 is 1.73 bits per heavy atom. The number of carbonyl (C=O) groups excluding carboxylic acids is 1. The zero-order chi connectivity index (χ0) is 11.3. The smallest absolute Gasteiger partial charge is 0.239 e. The standard InChI is InChI=1S/C9H17N5O/c1-3-4-11-8(15)6-14(2)7-5-12-13-9(7)10/h5H,3-4,6H2,1-2H3,(H,11,15)(H3,10,12,13). The van der Waals surface area contributed by atoms with Crippen molar-refractivity contribution in [3.05, 3.63) is 6.20 Å². The predicted molar refractivity (Wildman–Crippen MR) is 59.6 cm³/mol. The van der Waals surface area contributed by atoms with Crippen molar-refractivity contribution in [1.29, 1.82) is 0 Å². The van der Waals surface area contributed by atoms with Gasteiger partial charge < -0.3 is 16.0 Å². The van der Waals surface area contributed by atoms with Crippen LogP contribution in [0.1, 0.15) is 13.3 Å². The van der Waals surface area contributed by atoms with Gasteiger partial charge >= 0.3 is 0 Å². The van der Waals surface area contributed by atoms with E-state index in [9.17, 15) is 4.79 Å². The van der Waals surface area contributed by atoms with E-state index in [1.165, 1.54) is 0 Å². The molecule has 84 valence electrons. The van der Waals surface area contributed by atoms with Crippen molar-refractivity contribution in [2.75, 3.05) is 30.8 Å². The van der Waals surface area contributed by atoms with Crippen LogP contribution in [0.3, 0.4) is 0 Å². The summed E-state index contributed by atoms with van der Waals surface area (Å²) in [5, 5.41) is 9.20. The van der Waals surface area contributed by atoms with Gasteiger partial charge in [0.2, 0.25) is 5.91 Å². The van der Waals surface area contributed by atoms with Gasteiger partial charge in [-0.15, -0.1) is 0 Å². The molecule has 0 bridgehead atoms.